The van der Waals surface area contributed by atoms with E-state index in [0.29, 0.717) is 0 Å². The van der Waals surface area contributed by atoms with Crippen LogP contribution in [0, 0.1) is 13.8 Å². The van der Waals surface area contributed by atoms with Crippen molar-refractivity contribution in [1.29, 1.82) is 0 Å². The molecule has 3 aromatic rings. The van der Waals surface area contributed by atoms with Crippen LogP contribution in [-0.4, -0.2) is 61.9 Å². The lowest BCUT2D eigenvalue weighted by Crippen LogP contribution is -2.50. The molecule has 0 aliphatic carbocycles. The number of carbonyl (C=O) groups excluding carboxylic acids is 1. The molecule has 1 atom stereocenters. The molecule has 2 heterocycles. The standard InChI is InChI=1S/C24H29N5OS/c1-18-9-11-22(12-10-18)29-20(3)25-26-24(29)31-19(2)23(30)28-15-13-27(14-16-28)17-21-7-5-4-6-8-21/h4-12,19H,13-17H2,1-3H3. The number of aromatic nitrogens is 3. The Hall–Kier alpha value is -2.64. The SMILES string of the molecule is Cc1ccc(-n2c(C)nnc2SC(C)C(=O)N2CCN(Cc3ccccc3)CC2)cc1. The Balaban J connectivity index is 1.36. The first-order chi connectivity index (χ1) is 15.0. The number of amides is 1. The number of carbonyl (C=O) groups is 1. The van der Waals surface area contributed by atoms with E-state index in [1.54, 1.807) is 0 Å². The Morgan fingerprint density at radius 3 is 2.32 bits per heavy atom. The van der Waals surface area contributed by atoms with Crippen molar-refractivity contribution < 1.29 is 4.79 Å². The predicted molar refractivity (Wildman–Crippen MR) is 124 cm³/mol. The van der Waals surface area contributed by atoms with Crippen molar-refractivity contribution in [2.45, 2.75) is 37.7 Å². The average Bonchev–Trinajstić information content (AvgIpc) is 3.15. The van der Waals surface area contributed by atoms with Gasteiger partial charge in [0.05, 0.1) is 5.25 Å². The van der Waals surface area contributed by atoms with E-state index in [2.05, 4.69) is 70.6 Å². The Morgan fingerprint density at radius 1 is 0.968 bits per heavy atom. The van der Waals surface area contributed by atoms with E-state index in [-0.39, 0.29) is 11.2 Å². The monoisotopic (exact) mass is 435 g/mol. The highest BCUT2D eigenvalue weighted by atomic mass is 32.2. The first kappa shape index (κ1) is 21.6. The third-order valence-corrected chi connectivity index (χ3v) is 6.68. The van der Waals surface area contributed by atoms with E-state index in [4.69, 9.17) is 0 Å². The lowest BCUT2D eigenvalue weighted by molar-refractivity contribution is -0.132. The van der Waals surface area contributed by atoms with Gasteiger partial charge >= 0.3 is 0 Å². The fourth-order valence-electron chi connectivity index (χ4n) is 3.84. The van der Waals surface area contributed by atoms with Gasteiger partial charge in [0.15, 0.2) is 5.16 Å². The number of aryl methyl sites for hydroxylation is 2. The highest BCUT2D eigenvalue weighted by Crippen LogP contribution is 2.27. The fourth-order valence-corrected chi connectivity index (χ4v) is 4.84. The summed E-state index contributed by atoms with van der Waals surface area (Å²) in [6.07, 6.45) is 0. The summed E-state index contributed by atoms with van der Waals surface area (Å²) in [5.74, 6) is 0.987. The van der Waals surface area contributed by atoms with E-state index in [0.717, 1.165) is 49.4 Å². The normalized spacial score (nSPS) is 15.8. The van der Waals surface area contributed by atoms with Gasteiger partial charge in [-0.2, -0.15) is 0 Å². The minimum absolute atomic E-state index is 0.167. The second kappa shape index (κ2) is 9.66. The summed E-state index contributed by atoms with van der Waals surface area (Å²) in [6.45, 7) is 10.2. The molecule has 0 bridgehead atoms. The quantitative estimate of drug-likeness (QED) is 0.553. The minimum Gasteiger partial charge on any atom is -0.339 e. The number of nitrogens with zero attached hydrogens (tertiary/aromatic N) is 5. The van der Waals surface area contributed by atoms with Crippen molar-refractivity contribution in [3.05, 3.63) is 71.5 Å². The van der Waals surface area contributed by atoms with Crippen LogP contribution in [0.15, 0.2) is 59.8 Å². The smallest absolute Gasteiger partial charge is 0.235 e. The van der Waals surface area contributed by atoms with Gasteiger partial charge in [-0.05, 0) is 38.5 Å². The van der Waals surface area contributed by atoms with Gasteiger partial charge in [0.25, 0.3) is 0 Å². The molecule has 7 heteroatoms. The lowest BCUT2D eigenvalue weighted by atomic mass is 10.2. The van der Waals surface area contributed by atoms with Crippen molar-refractivity contribution in [3.63, 3.8) is 0 Å². The number of hydrogen-bond acceptors (Lipinski definition) is 5. The number of hydrogen-bond donors (Lipinski definition) is 0. The van der Waals surface area contributed by atoms with Crippen LogP contribution in [0.1, 0.15) is 23.9 Å². The van der Waals surface area contributed by atoms with Crippen LogP contribution in [-0.2, 0) is 11.3 Å². The summed E-state index contributed by atoms with van der Waals surface area (Å²) in [6, 6.07) is 18.8. The molecule has 0 spiro atoms. The lowest BCUT2D eigenvalue weighted by Gasteiger charge is -2.35. The molecule has 1 unspecified atom stereocenters. The van der Waals surface area contributed by atoms with Crippen molar-refractivity contribution >= 4 is 17.7 Å². The summed E-state index contributed by atoms with van der Waals surface area (Å²) in [5, 5.41) is 9.13. The van der Waals surface area contributed by atoms with Crippen molar-refractivity contribution in [1.82, 2.24) is 24.6 Å². The van der Waals surface area contributed by atoms with Gasteiger partial charge in [0.2, 0.25) is 5.91 Å². The first-order valence-corrected chi connectivity index (χ1v) is 11.6. The molecule has 1 aliphatic rings. The highest BCUT2D eigenvalue weighted by Gasteiger charge is 2.27. The zero-order valence-corrected chi connectivity index (χ0v) is 19.2. The van der Waals surface area contributed by atoms with Gasteiger partial charge < -0.3 is 4.90 Å². The maximum atomic E-state index is 13.1. The summed E-state index contributed by atoms with van der Waals surface area (Å²) in [7, 11) is 0. The molecule has 4 rings (SSSR count). The van der Waals surface area contributed by atoms with Crippen LogP contribution in [0.25, 0.3) is 5.69 Å². The summed E-state index contributed by atoms with van der Waals surface area (Å²) in [5.41, 5.74) is 3.54. The van der Waals surface area contributed by atoms with Gasteiger partial charge in [-0.15, -0.1) is 10.2 Å². The molecule has 0 N–H and O–H groups in total. The second-order valence-corrected chi connectivity index (χ2v) is 9.36. The largest absolute Gasteiger partial charge is 0.339 e. The van der Waals surface area contributed by atoms with Crippen molar-refractivity contribution in [2.75, 3.05) is 26.2 Å². The van der Waals surface area contributed by atoms with Gasteiger partial charge in [-0.25, -0.2) is 0 Å². The maximum Gasteiger partial charge on any atom is 0.235 e. The maximum absolute atomic E-state index is 13.1. The third-order valence-electron chi connectivity index (χ3n) is 5.65. The topological polar surface area (TPSA) is 54.3 Å². The molecule has 1 fully saturated rings. The van der Waals surface area contributed by atoms with E-state index in [1.165, 1.54) is 22.9 Å². The number of rotatable bonds is 6. The average molecular weight is 436 g/mol. The molecule has 1 saturated heterocycles. The van der Waals surface area contributed by atoms with Crippen molar-refractivity contribution in [2.24, 2.45) is 0 Å². The second-order valence-electron chi connectivity index (χ2n) is 8.05. The summed E-state index contributed by atoms with van der Waals surface area (Å²) < 4.78 is 2.02. The Bertz CT molecular complexity index is 1010. The number of benzene rings is 2. The molecule has 162 valence electrons. The molecular weight excluding hydrogens is 406 g/mol. The zero-order valence-electron chi connectivity index (χ0n) is 18.4. The van der Waals surface area contributed by atoms with Crippen LogP contribution < -0.4 is 0 Å². The van der Waals surface area contributed by atoms with Crippen LogP contribution in [0.5, 0.6) is 0 Å². The summed E-state index contributed by atoms with van der Waals surface area (Å²) in [4.78, 5) is 17.5. The van der Waals surface area contributed by atoms with Crippen molar-refractivity contribution in [3.8, 4) is 5.69 Å². The fraction of sp³-hybridized carbons (Fsp3) is 0.375. The summed E-state index contributed by atoms with van der Waals surface area (Å²) >= 11 is 1.48. The molecule has 6 nitrogen and oxygen atoms in total. The van der Waals surface area contributed by atoms with Crippen LogP contribution in [0.4, 0.5) is 0 Å². The molecule has 1 aromatic heterocycles. The van der Waals surface area contributed by atoms with E-state index >= 15 is 0 Å². The van der Waals surface area contributed by atoms with Crippen LogP contribution in [0.3, 0.4) is 0 Å². The van der Waals surface area contributed by atoms with E-state index < -0.39 is 0 Å². The number of thioether (sulfide) groups is 1. The first-order valence-electron chi connectivity index (χ1n) is 10.7. The molecule has 1 amide bonds. The minimum atomic E-state index is -0.214. The number of piperazine rings is 1. The van der Waals surface area contributed by atoms with Crippen LogP contribution >= 0.6 is 11.8 Å². The predicted octanol–water partition coefficient (Wildman–Crippen LogP) is 3.71. The Labute approximate surface area is 188 Å². The third kappa shape index (κ3) is 5.17. The van der Waals surface area contributed by atoms with E-state index in [9.17, 15) is 4.79 Å². The highest BCUT2D eigenvalue weighted by molar-refractivity contribution is 8.00. The van der Waals surface area contributed by atoms with Gasteiger partial charge in [-0.1, -0.05) is 59.8 Å². The molecule has 0 radical (unpaired) electrons. The Kier molecular flexibility index (Phi) is 6.73. The Morgan fingerprint density at radius 2 is 1.65 bits per heavy atom. The van der Waals surface area contributed by atoms with Gasteiger partial charge in [-0.3, -0.25) is 14.3 Å². The molecule has 1 aliphatic heterocycles. The zero-order chi connectivity index (χ0) is 21.8. The molecule has 2 aromatic carbocycles. The van der Waals surface area contributed by atoms with Gasteiger partial charge in [0.1, 0.15) is 5.82 Å². The van der Waals surface area contributed by atoms with Gasteiger partial charge in [0, 0.05) is 38.4 Å². The van der Waals surface area contributed by atoms with Crippen LogP contribution in [0.2, 0.25) is 0 Å². The van der Waals surface area contributed by atoms with E-state index in [1.807, 2.05) is 29.4 Å². The molecule has 0 saturated carbocycles. The molecule has 31 heavy (non-hydrogen) atoms. The molecular formula is C24H29N5OS.